The van der Waals surface area contributed by atoms with Gasteiger partial charge in [0.2, 0.25) is 0 Å². The summed E-state index contributed by atoms with van der Waals surface area (Å²) in [6.45, 7) is 10.3. The Morgan fingerprint density at radius 3 is 2.45 bits per heavy atom. The molecule has 2 N–H and O–H groups in total. The van der Waals surface area contributed by atoms with Crippen molar-refractivity contribution < 1.29 is 4.74 Å². The van der Waals surface area contributed by atoms with Gasteiger partial charge in [0.25, 0.3) is 0 Å². The van der Waals surface area contributed by atoms with Crippen molar-refractivity contribution in [1.82, 2.24) is 4.90 Å². The van der Waals surface area contributed by atoms with E-state index in [4.69, 9.17) is 10.5 Å². The number of piperidine rings is 1. The second kappa shape index (κ2) is 6.04. The normalized spacial score (nSPS) is 18.2. The highest BCUT2D eigenvalue weighted by Gasteiger charge is 2.28. The molecular weight excluding hydrogens is 248 g/mol. The van der Waals surface area contributed by atoms with E-state index in [2.05, 4.69) is 31.7 Å². The second-order valence-corrected chi connectivity index (χ2v) is 6.98. The molecule has 2 rings (SSSR count). The Kier molecular flexibility index (Phi) is 4.59. The number of rotatable bonds is 3. The van der Waals surface area contributed by atoms with Crippen molar-refractivity contribution in [3.8, 4) is 5.75 Å². The van der Waals surface area contributed by atoms with E-state index >= 15 is 0 Å². The molecule has 1 heterocycles. The number of nitrogen functional groups attached to an aromatic ring is 1. The smallest absolute Gasteiger partial charge is 0.119 e. The summed E-state index contributed by atoms with van der Waals surface area (Å²) in [4.78, 5) is 2.51. The maximum absolute atomic E-state index is 6.08. The van der Waals surface area contributed by atoms with E-state index in [1.54, 1.807) is 7.11 Å². The second-order valence-electron chi connectivity index (χ2n) is 6.98. The first kappa shape index (κ1) is 15.2. The van der Waals surface area contributed by atoms with Gasteiger partial charge in [-0.25, -0.2) is 0 Å². The average molecular weight is 276 g/mol. The van der Waals surface area contributed by atoms with Crippen LogP contribution in [0.15, 0.2) is 18.2 Å². The SMILES string of the molecule is COc1ccc(N)c(CN2CCC(C(C)(C)C)CC2)c1. The number of nitrogens with zero attached hydrogens (tertiary/aromatic N) is 1. The molecule has 1 aliphatic heterocycles. The van der Waals surface area contributed by atoms with Crippen LogP contribution in [-0.4, -0.2) is 25.1 Å². The summed E-state index contributed by atoms with van der Waals surface area (Å²) < 4.78 is 5.29. The van der Waals surface area contributed by atoms with Crippen LogP contribution < -0.4 is 10.5 Å². The highest BCUT2D eigenvalue weighted by Crippen LogP contribution is 2.34. The molecule has 0 aliphatic carbocycles. The lowest BCUT2D eigenvalue weighted by Crippen LogP contribution is -2.37. The molecule has 112 valence electrons. The number of hydrogen-bond acceptors (Lipinski definition) is 3. The highest BCUT2D eigenvalue weighted by molar-refractivity contribution is 5.50. The van der Waals surface area contributed by atoms with Crippen LogP contribution in [0.25, 0.3) is 0 Å². The Morgan fingerprint density at radius 1 is 1.25 bits per heavy atom. The minimum absolute atomic E-state index is 0.432. The lowest BCUT2D eigenvalue weighted by Gasteiger charge is -2.38. The van der Waals surface area contributed by atoms with E-state index in [0.717, 1.165) is 23.9 Å². The Morgan fingerprint density at radius 2 is 1.90 bits per heavy atom. The van der Waals surface area contributed by atoms with Crippen LogP contribution in [-0.2, 0) is 6.54 Å². The zero-order chi connectivity index (χ0) is 14.8. The Hall–Kier alpha value is -1.22. The average Bonchev–Trinajstić information content (AvgIpc) is 2.41. The maximum atomic E-state index is 6.08. The predicted octanol–water partition coefficient (Wildman–Crippen LogP) is 3.54. The quantitative estimate of drug-likeness (QED) is 0.858. The molecule has 1 saturated heterocycles. The molecule has 20 heavy (non-hydrogen) atoms. The summed E-state index contributed by atoms with van der Waals surface area (Å²) in [5.74, 6) is 1.72. The lowest BCUT2D eigenvalue weighted by molar-refractivity contribution is 0.108. The number of benzene rings is 1. The summed E-state index contributed by atoms with van der Waals surface area (Å²) in [5, 5.41) is 0. The minimum Gasteiger partial charge on any atom is -0.497 e. The Bertz CT molecular complexity index is 443. The van der Waals surface area contributed by atoms with Gasteiger partial charge in [-0.2, -0.15) is 0 Å². The fourth-order valence-electron chi connectivity index (χ4n) is 3.04. The first-order chi connectivity index (χ1) is 9.40. The number of ether oxygens (including phenoxy) is 1. The van der Waals surface area contributed by atoms with Crippen molar-refractivity contribution in [1.29, 1.82) is 0 Å². The zero-order valence-corrected chi connectivity index (χ0v) is 13.3. The summed E-state index contributed by atoms with van der Waals surface area (Å²) >= 11 is 0. The molecule has 1 aromatic carbocycles. The van der Waals surface area contributed by atoms with Gasteiger partial charge >= 0.3 is 0 Å². The van der Waals surface area contributed by atoms with E-state index in [9.17, 15) is 0 Å². The number of methoxy groups -OCH3 is 1. The Balaban J connectivity index is 1.96. The van der Waals surface area contributed by atoms with Crippen LogP contribution in [0.3, 0.4) is 0 Å². The third-order valence-electron chi connectivity index (χ3n) is 4.56. The highest BCUT2D eigenvalue weighted by atomic mass is 16.5. The van der Waals surface area contributed by atoms with Gasteiger partial charge in [0.1, 0.15) is 5.75 Å². The van der Waals surface area contributed by atoms with Gasteiger partial charge < -0.3 is 10.5 Å². The largest absolute Gasteiger partial charge is 0.497 e. The van der Waals surface area contributed by atoms with Gasteiger partial charge in [0, 0.05) is 12.2 Å². The monoisotopic (exact) mass is 276 g/mol. The van der Waals surface area contributed by atoms with Crippen LogP contribution in [0.5, 0.6) is 5.75 Å². The molecule has 0 radical (unpaired) electrons. The van der Waals surface area contributed by atoms with E-state index < -0.39 is 0 Å². The third kappa shape index (κ3) is 3.66. The number of anilines is 1. The van der Waals surface area contributed by atoms with Crippen molar-refractivity contribution in [2.24, 2.45) is 11.3 Å². The molecule has 1 fully saturated rings. The molecule has 3 heteroatoms. The van der Waals surface area contributed by atoms with Crippen LogP contribution in [0.4, 0.5) is 5.69 Å². The van der Waals surface area contributed by atoms with Crippen molar-refractivity contribution in [2.75, 3.05) is 25.9 Å². The minimum atomic E-state index is 0.432. The van der Waals surface area contributed by atoms with Crippen molar-refractivity contribution in [3.05, 3.63) is 23.8 Å². The molecule has 0 aromatic heterocycles. The van der Waals surface area contributed by atoms with Crippen LogP contribution in [0.2, 0.25) is 0 Å². The topological polar surface area (TPSA) is 38.5 Å². The Labute approximate surface area is 123 Å². The van der Waals surface area contributed by atoms with Gasteiger partial charge in [-0.3, -0.25) is 4.90 Å². The van der Waals surface area contributed by atoms with Gasteiger partial charge in [-0.05, 0) is 61.0 Å². The number of nitrogens with two attached hydrogens (primary N) is 1. The molecule has 0 bridgehead atoms. The summed E-state index contributed by atoms with van der Waals surface area (Å²) in [6.07, 6.45) is 2.57. The van der Waals surface area contributed by atoms with Crippen molar-refractivity contribution in [2.45, 2.75) is 40.2 Å². The van der Waals surface area contributed by atoms with Gasteiger partial charge in [-0.15, -0.1) is 0 Å². The molecule has 0 spiro atoms. The third-order valence-corrected chi connectivity index (χ3v) is 4.56. The first-order valence-corrected chi connectivity index (χ1v) is 7.55. The van der Waals surface area contributed by atoms with Gasteiger partial charge in [0.05, 0.1) is 7.11 Å². The van der Waals surface area contributed by atoms with Crippen LogP contribution in [0, 0.1) is 11.3 Å². The fraction of sp³-hybridized carbons (Fsp3) is 0.647. The standard InChI is InChI=1S/C17H28N2O/c1-17(2,3)14-7-9-19(10-8-14)12-13-11-15(20-4)5-6-16(13)18/h5-6,11,14H,7-10,12,18H2,1-4H3. The maximum Gasteiger partial charge on any atom is 0.119 e. The molecule has 1 aromatic rings. The summed E-state index contributed by atoms with van der Waals surface area (Å²) in [5.41, 5.74) is 8.55. The molecule has 3 nitrogen and oxygen atoms in total. The van der Waals surface area contributed by atoms with Gasteiger partial charge in [-0.1, -0.05) is 20.8 Å². The molecule has 1 aliphatic rings. The van der Waals surface area contributed by atoms with Crippen LogP contribution in [0.1, 0.15) is 39.2 Å². The summed E-state index contributed by atoms with van der Waals surface area (Å²) in [7, 11) is 1.70. The van der Waals surface area contributed by atoms with Crippen molar-refractivity contribution in [3.63, 3.8) is 0 Å². The first-order valence-electron chi connectivity index (χ1n) is 7.55. The van der Waals surface area contributed by atoms with E-state index in [1.165, 1.54) is 31.5 Å². The summed E-state index contributed by atoms with van der Waals surface area (Å²) in [6, 6.07) is 5.92. The molecule has 0 atom stereocenters. The molecule has 0 amide bonds. The number of likely N-dealkylation sites (tertiary alicyclic amines) is 1. The predicted molar refractivity (Wildman–Crippen MR) is 84.9 cm³/mol. The fourth-order valence-corrected chi connectivity index (χ4v) is 3.04. The van der Waals surface area contributed by atoms with Crippen molar-refractivity contribution >= 4 is 5.69 Å². The van der Waals surface area contributed by atoms with Crippen LogP contribution >= 0.6 is 0 Å². The van der Waals surface area contributed by atoms with Gasteiger partial charge in [0.15, 0.2) is 0 Å². The van der Waals surface area contributed by atoms with E-state index in [0.29, 0.717) is 5.41 Å². The molecule has 0 unspecified atom stereocenters. The van der Waals surface area contributed by atoms with E-state index in [1.807, 2.05) is 12.1 Å². The lowest BCUT2D eigenvalue weighted by atomic mass is 9.75. The van der Waals surface area contributed by atoms with E-state index in [-0.39, 0.29) is 0 Å². The zero-order valence-electron chi connectivity index (χ0n) is 13.3. The molecule has 0 saturated carbocycles. The molecular formula is C17H28N2O. The number of hydrogen-bond donors (Lipinski definition) is 1.